The lowest BCUT2D eigenvalue weighted by Crippen LogP contribution is -2.34. The van der Waals surface area contributed by atoms with E-state index in [-0.39, 0.29) is 42.5 Å². The SMILES string of the molecule is CN(C(=O)Oc1c(N2CCN(c3cnc(N)cn3)C2=O)cc(C(F)(F)F)cc1C(F)(F)F)c1ccc(F)cc1. The van der Waals surface area contributed by atoms with Crippen LogP contribution in [0.1, 0.15) is 11.1 Å². The normalized spacial score (nSPS) is 14.1. The summed E-state index contributed by atoms with van der Waals surface area (Å²) >= 11 is 0. The maximum Gasteiger partial charge on any atom is 0.420 e. The minimum Gasteiger partial charge on any atom is -0.407 e. The van der Waals surface area contributed by atoms with Crippen molar-refractivity contribution < 1.29 is 45.1 Å². The number of nitrogen functional groups attached to an aromatic ring is 1. The summed E-state index contributed by atoms with van der Waals surface area (Å²) in [6, 6.07) is 3.22. The average Bonchev–Trinajstić information content (AvgIpc) is 3.24. The van der Waals surface area contributed by atoms with Gasteiger partial charge in [0, 0.05) is 25.8 Å². The highest BCUT2D eigenvalue weighted by atomic mass is 19.4. The van der Waals surface area contributed by atoms with Gasteiger partial charge in [0.15, 0.2) is 11.6 Å². The summed E-state index contributed by atoms with van der Waals surface area (Å²) in [6.45, 7) is -0.584. The van der Waals surface area contributed by atoms with Crippen LogP contribution in [0.25, 0.3) is 0 Å². The van der Waals surface area contributed by atoms with Gasteiger partial charge in [-0.3, -0.25) is 14.7 Å². The first kappa shape index (κ1) is 27.4. The first-order valence-corrected chi connectivity index (χ1v) is 10.9. The molecule has 206 valence electrons. The van der Waals surface area contributed by atoms with Gasteiger partial charge in [-0.2, -0.15) is 26.3 Å². The van der Waals surface area contributed by atoms with Gasteiger partial charge < -0.3 is 10.5 Å². The summed E-state index contributed by atoms with van der Waals surface area (Å²) in [6.07, 6.45) is -9.91. The Balaban J connectivity index is 1.81. The van der Waals surface area contributed by atoms with E-state index >= 15 is 0 Å². The van der Waals surface area contributed by atoms with Crippen molar-refractivity contribution >= 4 is 35.1 Å². The number of nitrogens with zero attached hydrogens (tertiary/aromatic N) is 5. The van der Waals surface area contributed by atoms with E-state index in [2.05, 4.69) is 9.97 Å². The summed E-state index contributed by atoms with van der Waals surface area (Å²) in [5.74, 6) is -2.04. The lowest BCUT2D eigenvalue weighted by Gasteiger charge is -2.26. The Hall–Kier alpha value is -4.63. The van der Waals surface area contributed by atoms with E-state index in [1.165, 1.54) is 0 Å². The second-order valence-corrected chi connectivity index (χ2v) is 8.16. The van der Waals surface area contributed by atoms with Crippen LogP contribution in [-0.4, -0.2) is 42.2 Å². The van der Waals surface area contributed by atoms with Crippen molar-refractivity contribution in [3.05, 3.63) is 65.7 Å². The van der Waals surface area contributed by atoms with E-state index in [0.717, 1.165) is 48.6 Å². The Kier molecular flexibility index (Phi) is 6.97. The molecule has 0 bridgehead atoms. The van der Waals surface area contributed by atoms with Crippen molar-refractivity contribution in [3.8, 4) is 5.75 Å². The second-order valence-electron chi connectivity index (χ2n) is 8.16. The van der Waals surface area contributed by atoms with Crippen LogP contribution in [0.2, 0.25) is 0 Å². The number of carbonyl (C=O) groups is 2. The Morgan fingerprint density at radius 2 is 1.62 bits per heavy atom. The van der Waals surface area contributed by atoms with Crippen LogP contribution in [0, 0.1) is 5.82 Å². The van der Waals surface area contributed by atoms with E-state index in [9.17, 15) is 40.3 Å². The zero-order valence-electron chi connectivity index (χ0n) is 19.7. The molecule has 1 saturated heterocycles. The standard InChI is InChI=1S/C23H17F7N6O3/c1-34(14-4-2-13(24)3-5-14)21(38)39-19-15(23(28,29)30)8-12(22(25,26)27)9-16(19)35-6-7-36(20(35)37)18-11-32-17(31)10-33-18/h2-5,8-11H,6-7H2,1H3,(H2,31,32). The largest absolute Gasteiger partial charge is 0.420 e. The fourth-order valence-electron chi connectivity index (χ4n) is 3.67. The lowest BCUT2D eigenvalue weighted by atomic mass is 10.1. The first-order valence-electron chi connectivity index (χ1n) is 10.9. The number of aromatic nitrogens is 2. The number of anilines is 4. The highest BCUT2D eigenvalue weighted by Crippen LogP contribution is 2.47. The summed E-state index contributed by atoms with van der Waals surface area (Å²) in [5.41, 5.74) is 0.855. The number of rotatable bonds is 4. The maximum absolute atomic E-state index is 14.0. The van der Waals surface area contributed by atoms with E-state index in [1.54, 1.807) is 0 Å². The van der Waals surface area contributed by atoms with Crippen molar-refractivity contribution in [2.75, 3.05) is 40.6 Å². The molecule has 9 nitrogen and oxygen atoms in total. The number of urea groups is 1. The number of hydrogen-bond donors (Lipinski definition) is 1. The Morgan fingerprint density at radius 3 is 2.18 bits per heavy atom. The van der Waals surface area contributed by atoms with Gasteiger partial charge >= 0.3 is 24.5 Å². The van der Waals surface area contributed by atoms with Gasteiger partial charge in [-0.15, -0.1) is 0 Å². The van der Waals surface area contributed by atoms with Gasteiger partial charge in [-0.05, 0) is 36.4 Å². The molecule has 1 aliphatic rings. The highest BCUT2D eigenvalue weighted by Gasteiger charge is 2.44. The van der Waals surface area contributed by atoms with Gasteiger partial charge in [0.05, 0.1) is 23.6 Å². The molecule has 0 atom stereocenters. The van der Waals surface area contributed by atoms with Crippen molar-refractivity contribution in [2.45, 2.75) is 12.4 Å². The summed E-state index contributed by atoms with van der Waals surface area (Å²) in [5, 5.41) is 0. The molecule has 2 heterocycles. The molecular weight excluding hydrogens is 541 g/mol. The van der Waals surface area contributed by atoms with Gasteiger partial charge in [0.1, 0.15) is 17.2 Å². The number of benzene rings is 2. The van der Waals surface area contributed by atoms with Crippen molar-refractivity contribution in [3.63, 3.8) is 0 Å². The molecule has 0 radical (unpaired) electrons. The van der Waals surface area contributed by atoms with Gasteiger partial charge in [-0.25, -0.2) is 23.9 Å². The third-order valence-corrected chi connectivity index (χ3v) is 5.61. The molecule has 2 aromatic carbocycles. The molecule has 1 fully saturated rings. The number of carbonyl (C=O) groups excluding carboxylic acids is 2. The first-order chi connectivity index (χ1) is 18.2. The van der Waals surface area contributed by atoms with E-state index < -0.39 is 52.9 Å². The fourth-order valence-corrected chi connectivity index (χ4v) is 3.67. The molecule has 0 spiro atoms. The highest BCUT2D eigenvalue weighted by molar-refractivity contribution is 6.07. The summed E-state index contributed by atoms with van der Waals surface area (Å²) in [4.78, 5) is 35.9. The van der Waals surface area contributed by atoms with Gasteiger partial charge in [0.2, 0.25) is 0 Å². The fraction of sp³-hybridized carbons (Fsp3) is 0.217. The molecule has 0 aliphatic carbocycles. The number of ether oxygens (including phenoxy) is 1. The van der Waals surface area contributed by atoms with E-state index in [0.29, 0.717) is 9.80 Å². The van der Waals surface area contributed by atoms with Crippen LogP contribution in [0.3, 0.4) is 0 Å². The Morgan fingerprint density at radius 1 is 0.974 bits per heavy atom. The van der Waals surface area contributed by atoms with Crippen molar-refractivity contribution in [1.82, 2.24) is 9.97 Å². The van der Waals surface area contributed by atoms with Gasteiger partial charge in [0.25, 0.3) is 0 Å². The van der Waals surface area contributed by atoms with Crippen LogP contribution < -0.4 is 25.2 Å². The zero-order chi connectivity index (χ0) is 28.7. The predicted molar refractivity (Wildman–Crippen MR) is 124 cm³/mol. The molecule has 0 saturated carbocycles. The molecule has 2 N–H and O–H groups in total. The molecule has 1 aliphatic heterocycles. The second kappa shape index (κ2) is 9.92. The van der Waals surface area contributed by atoms with Crippen LogP contribution in [0.5, 0.6) is 5.75 Å². The molecule has 4 rings (SSSR count). The smallest absolute Gasteiger partial charge is 0.407 e. The minimum atomic E-state index is -5.43. The third-order valence-electron chi connectivity index (χ3n) is 5.61. The quantitative estimate of drug-likeness (QED) is 0.435. The molecule has 3 aromatic rings. The lowest BCUT2D eigenvalue weighted by molar-refractivity contribution is -0.143. The predicted octanol–water partition coefficient (Wildman–Crippen LogP) is 5.32. The zero-order valence-corrected chi connectivity index (χ0v) is 19.7. The molecular formula is C23H17F7N6O3. The third kappa shape index (κ3) is 5.63. The number of nitrogens with two attached hydrogens (primary N) is 1. The van der Waals surface area contributed by atoms with Crippen LogP contribution >= 0.6 is 0 Å². The molecule has 1 aromatic heterocycles. The number of halogens is 7. The van der Waals surface area contributed by atoms with E-state index in [1.807, 2.05) is 0 Å². The molecule has 3 amide bonds. The Labute approximate surface area is 215 Å². The number of amides is 3. The molecule has 16 heteroatoms. The molecule has 0 unspecified atom stereocenters. The van der Waals surface area contributed by atoms with Crippen LogP contribution in [0.15, 0.2) is 48.8 Å². The van der Waals surface area contributed by atoms with E-state index in [4.69, 9.17) is 10.5 Å². The monoisotopic (exact) mass is 558 g/mol. The topological polar surface area (TPSA) is 105 Å². The van der Waals surface area contributed by atoms with Gasteiger partial charge in [-0.1, -0.05) is 0 Å². The number of alkyl halides is 6. The summed E-state index contributed by atoms with van der Waals surface area (Å²) < 4.78 is 101. The van der Waals surface area contributed by atoms with Crippen LogP contribution in [-0.2, 0) is 12.4 Å². The van der Waals surface area contributed by atoms with Crippen molar-refractivity contribution in [1.29, 1.82) is 0 Å². The maximum atomic E-state index is 14.0. The van der Waals surface area contributed by atoms with Crippen LogP contribution in [0.4, 0.5) is 63.3 Å². The average molecular weight is 558 g/mol. The summed E-state index contributed by atoms with van der Waals surface area (Å²) in [7, 11) is 1.09. The minimum absolute atomic E-state index is 0.00812. The van der Waals surface area contributed by atoms with Crippen molar-refractivity contribution in [2.24, 2.45) is 0 Å². The number of hydrogen-bond acceptors (Lipinski definition) is 6. The molecule has 39 heavy (non-hydrogen) atoms. The Bertz CT molecular complexity index is 1400.